The highest BCUT2D eigenvalue weighted by Crippen LogP contribution is 2.08. The number of aliphatic hydroxyl groups excluding tert-OH is 1. The molecule has 0 amide bonds. The quantitative estimate of drug-likeness (QED) is 0.722. The molecule has 0 fully saturated rings. The Balaban J connectivity index is 0.000000423. The van der Waals surface area contributed by atoms with Gasteiger partial charge in [0.2, 0.25) is 0 Å². The van der Waals surface area contributed by atoms with Gasteiger partial charge >= 0.3 is 0 Å². The fourth-order valence-corrected chi connectivity index (χ4v) is 1.19. The summed E-state index contributed by atoms with van der Waals surface area (Å²) in [6, 6.07) is 5.99. The standard InChI is InChI=1S/C7H8O3S.C3H8O/c1-6-2-4-7(5-3-6)11(8,9)10;1-3(2)4/h2-5H,1H3,(H,8,9,10);3-4H,1-2H3. The van der Waals surface area contributed by atoms with Crippen LogP contribution in [0.3, 0.4) is 0 Å². The number of rotatable bonds is 1. The molecule has 1 aromatic rings. The van der Waals surface area contributed by atoms with Crippen LogP contribution < -0.4 is 0 Å². The first-order chi connectivity index (χ1) is 6.73. The maximum absolute atomic E-state index is 10.5. The molecule has 0 spiro atoms. The number of benzene rings is 1. The molecule has 0 aliphatic carbocycles. The van der Waals surface area contributed by atoms with Crippen LogP contribution in [0.15, 0.2) is 29.2 Å². The Morgan fingerprint density at radius 1 is 1.13 bits per heavy atom. The maximum Gasteiger partial charge on any atom is 0.294 e. The summed E-state index contributed by atoms with van der Waals surface area (Å²) in [6.07, 6.45) is -0.167. The number of aliphatic hydroxyl groups is 1. The van der Waals surface area contributed by atoms with E-state index in [1.54, 1.807) is 26.0 Å². The molecule has 0 radical (unpaired) electrons. The van der Waals surface area contributed by atoms with E-state index in [1.165, 1.54) is 12.1 Å². The summed E-state index contributed by atoms with van der Waals surface area (Å²) in [4.78, 5) is -0.0666. The second-order valence-corrected chi connectivity index (χ2v) is 4.80. The van der Waals surface area contributed by atoms with E-state index in [2.05, 4.69) is 0 Å². The molecule has 1 rings (SSSR count). The van der Waals surface area contributed by atoms with Crippen LogP contribution in [0.4, 0.5) is 0 Å². The zero-order chi connectivity index (χ0) is 12.1. The van der Waals surface area contributed by atoms with Crippen molar-refractivity contribution < 1.29 is 18.1 Å². The fourth-order valence-electron chi connectivity index (χ4n) is 0.710. The van der Waals surface area contributed by atoms with Crippen molar-refractivity contribution in [2.75, 3.05) is 0 Å². The van der Waals surface area contributed by atoms with Crippen molar-refractivity contribution in [2.45, 2.75) is 31.8 Å². The minimum Gasteiger partial charge on any atom is -0.394 e. The molecule has 0 atom stereocenters. The van der Waals surface area contributed by atoms with Crippen LogP contribution in [0.1, 0.15) is 19.4 Å². The molecule has 0 bridgehead atoms. The van der Waals surface area contributed by atoms with Gasteiger partial charge in [0.05, 0.1) is 4.90 Å². The van der Waals surface area contributed by atoms with Crippen LogP contribution in [0.5, 0.6) is 0 Å². The van der Waals surface area contributed by atoms with Gasteiger partial charge in [-0.15, -0.1) is 0 Å². The number of aryl methyl sites for hydroxylation is 1. The molecule has 15 heavy (non-hydrogen) atoms. The van der Waals surface area contributed by atoms with Crippen LogP contribution in [0.2, 0.25) is 0 Å². The molecular formula is C10H16O4S. The Bertz CT molecular complexity index is 376. The Labute approximate surface area is 90.3 Å². The molecule has 86 valence electrons. The second kappa shape index (κ2) is 5.85. The van der Waals surface area contributed by atoms with Crippen molar-refractivity contribution in [3.05, 3.63) is 29.8 Å². The maximum atomic E-state index is 10.5. The molecule has 0 saturated carbocycles. The predicted octanol–water partition coefficient (Wildman–Crippen LogP) is 1.63. The lowest BCUT2D eigenvalue weighted by Gasteiger charge is -1.95. The van der Waals surface area contributed by atoms with Crippen molar-refractivity contribution in [3.63, 3.8) is 0 Å². The smallest absolute Gasteiger partial charge is 0.294 e. The van der Waals surface area contributed by atoms with E-state index < -0.39 is 10.1 Å². The van der Waals surface area contributed by atoms with E-state index in [-0.39, 0.29) is 11.0 Å². The summed E-state index contributed by atoms with van der Waals surface area (Å²) < 4.78 is 29.6. The first-order valence-electron chi connectivity index (χ1n) is 4.45. The first kappa shape index (κ1) is 14.1. The topological polar surface area (TPSA) is 74.6 Å². The summed E-state index contributed by atoms with van der Waals surface area (Å²) in [5, 5.41) is 8.06. The third kappa shape index (κ3) is 7.07. The average molecular weight is 232 g/mol. The summed E-state index contributed by atoms with van der Waals surface area (Å²) in [7, 11) is -4.02. The highest BCUT2D eigenvalue weighted by molar-refractivity contribution is 7.85. The Kier molecular flexibility index (Phi) is 5.49. The van der Waals surface area contributed by atoms with Gasteiger partial charge in [-0.25, -0.2) is 0 Å². The van der Waals surface area contributed by atoms with E-state index in [4.69, 9.17) is 9.66 Å². The zero-order valence-electron chi connectivity index (χ0n) is 9.01. The van der Waals surface area contributed by atoms with Gasteiger partial charge < -0.3 is 5.11 Å². The Morgan fingerprint density at radius 2 is 1.47 bits per heavy atom. The van der Waals surface area contributed by atoms with Gasteiger partial charge in [0.25, 0.3) is 10.1 Å². The minimum absolute atomic E-state index is 0.0666. The van der Waals surface area contributed by atoms with Crippen molar-refractivity contribution in [1.82, 2.24) is 0 Å². The summed E-state index contributed by atoms with van der Waals surface area (Å²) in [5.41, 5.74) is 0.956. The lowest BCUT2D eigenvalue weighted by molar-refractivity contribution is 0.216. The summed E-state index contributed by atoms with van der Waals surface area (Å²) in [5.74, 6) is 0. The van der Waals surface area contributed by atoms with Gasteiger partial charge in [0.15, 0.2) is 0 Å². The molecule has 4 nitrogen and oxygen atoms in total. The third-order valence-electron chi connectivity index (χ3n) is 1.32. The number of hydrogen-bond donors (Lipinski definition) is 2. The molecule has 2 N–H and O–H groups in total. The summed E-state index contributed by atoms with van der Waals surface area (Å²) in [6.45, 7) is 5.29. The van der Waals surface area contributed by atoms with Gasteiger partial charge in [-0.1, -0.05) is 17.7 Å². The molecule has 5 heteroatoms. The van der Waals surface area contributed by atoms with Gasteiger partial charge in [0, 0.05) is 6.10 Å². The molecule has 0 aliphatic rings. The van der Waals surface area contributed by atoms with Gasteiger partial charge in [-0.3, -0.25) is 4.55 Å². The predicted molar refractivity (Wildman–Crippen MR) is 58.3 cm³/mol. The second-order valence-electron chi connectivity index (χ2n) is 3.38. The van der Waals surface area contributed by atoms with Crippen LogP contribution in [-0.4, -0.2) is 24.2 Å². The van der Waals surface area contributed by atoms with Crippen LogP contribution >= 0.6 is 0 Å². The first-order valence-corrected chi connectivity index (χ1v) is 5.89. The number of hydrogen-bond acceptors (Lipinski definition) is 3. The van der Waals surface area contributed by atoms with Crippen molar-refractivity contribution in [1.29, 1.82) is 0 Å². The van der Waals surface area contributed by atoms with Crippen LogP contribution in [0, 0.1) is 6.92 Å². The Hall–Kier alpha value is -0.910. The molecule has 0 saturated heterocycles. The van der Waals surface area contributed by atoms with Crippen molar-refractivity contribution in [2.24, 2.45) is 0 Å². The highest BCUT2D eigenvalue weighted by Gasteiger charge is 2.06. The van der Waals surface area contributed by atoms with Gasteiger partial charge in [-0.2, -0.15) is 8.42 Å². The zero-order valence-corrected chi connectivity index (χ0v) is 9.82. The summed E-state index contributed by atoms with van der Waals surface area (Å²) >= 11 is 0. The van der Waals surface area contributed by atoms with E-state index >= 15 is 0 Å². The van der Waals surface area contributed by atoms with Gasteiger partial charge in [0.1, 0.15) is 0 Å². The third-order valence-corrected chi connectivity index (χ3v) is 2.19. The lowest BCUT2D eigenvalue weighted by Crippen LogP contribution is -1.96. The monoisotopic (exact) mass is 232 g/mol. The van der Waals surface area contributed by atoms with E-state index in [0.29, 0.717) is 0 Å². The van der Waals surface area contributed by atoms with Crippen molar-refractivity contribution >= 4 is 10.1 Å². The molecular weight excluding hydrogens is 216 g/mol. The highest BCUT2D eigenvalue weighted by atomic mass is 32.2. The largest absolute Gasteiger partial charge is 0.394 e. The molecule has 0 unspecified atom stereocenters. The Morgan fingerprint density at radius 3 is 1.73 bits per heavy atom. The van der Waals surface area contributed by atoms with Gasteiger partial charge in [-0.05, 0) is 32.9 Å². The van der Waals surface area contributed by atoms with E-state index in [9.17, 15) is 8.42 Å². The van der Waals surface area contributed by atoms with Crippen molar-refractivity contribution in [3.8, 4) is 0 Å². The molecule has 1 aromatic carbocycles. The molecule has 0 aromatic heterocycles. The van der Waals surface area contributed by atoms with Crippen LogP contribution in [-0.2, 0) is 10.1 Å². The molecule has 0 aliphatic heterocycles. The lowest BCUT2D eigenvalue weighted by atomic mass is 10.2. The van der Waals surface area contributed by atoms with E-state index in [0.717, 1.165) is 5.56 Å². The minimum atomic E-state index is -4.02. The van der Waals surface area contributed by atoms with E-state index in [1.807, 2.05) is 6.92 Å². The normalized spacial score (nSPS) is 10.8. The SMILES string of the molecule is CC(C)O.Cc1ccc(S(=O)(=O)O)cc1. The fraction of sp³-hybridized carbons (Fsp3) is 0.400. The average Bonchev–Trinajstić information content (AvgIpc) is 2.01. The molecule has 0 heterocycles. The van der Waals surface area contributed by atoms with Crippen LogP contribution in [0.25, 0.3) is 0 Å².